The van der Waals surface area contributed by atoms with Crippen molar-refractivity contribution < 1.29 is 4.39 Å². The molecule has 0 aliphatic heterocycles. The zero-order valence-electron chi connectivity index (χ0n) is 11.6. The van der Waals surface area contributed by atoms with Gasteiger partial charge >= 0.3 is 0 Å². The van der Waals surface area contributed by atoms with Gasteiger partial charge in [0.2, 0.25) is 0 Å². The molecule has 0 aromatic heterocycles. The highest BCUT2D eigenvalue weighted by Crippen LogP contribution is 2.36. The molecular weight excluding hydrogens is 328 g/mol. The minimum absolute atomic E-state index is 0.244. The summed E-state index contributed by atoms with van der Waals surface area (Å²) in [4.78, 5) is 1.29. The molecule has 0 radical (unpaired) electrons. The van der Waals surface area contributed by atoms with E-state index in [1.54, 1.807) is 30.3 Å². The summed E-state index contributed by atoms with van der Waals surface area (Å²) < 4.78 is 14.2. The van der Waals surface area contributed by atoms with Crippen LogP contribution < -0.4 is 5.32 Å². The van der Waals surface area contributed by atoms with Gasteiger partial charge in [-0.15, -0.1) is 0 Å². The van der Waals surface area contributed by atoms with Gasteiger partial charge in [-0.2, -0.15) is 0 Å². The van der Waals surface area contributed by atoms with Gasteiger partial charge in [0.05, 0.1) is 5.02 Å². The number of benzene rings is 2. The van der Waals surface area contributed by atoms with Crippen molar-refractivity contribution in [2.75, 3.05) is 6.54 Å². The van der Waals surface area contributed by atoms with E-state index in [1.807, 2.05) is 6.07 Å². The fourth-order valence-corrected chi connectivity index (χ4v) is 3.17. The molecule has 1 N–H and O–H groups in total. The third-order valence-electron chi connectivity index (χ3n) is 2.87. The maximum atomic E-state index is 14.2. The second kappa shape index (κ2) is 8.04. The van der Waals surface area contributed by atoms with Crippen molar-refractivity contribution >= 4 is 35.0 Å². The lowest BCUT2D eigenvalue weighted by Gasteiger charge is -2.08. The predicted octanol–water partition coefficient (Wildman–Crippen LogP) is 5.78. The number of rotatable bonds is 6. The van der Waals surface area contributed by atoms with Gasteiger partial charge in [0.25, 0.3) is 0 Å². The van der Waals surface area contributed by atoms with Crippen LogP contribution in [0.1, 0.15) is 18.9 Å². The maximum Gasteiger partial charge on any atom is 0.137 e. The molecule has 0 spiro atoms. The Hall–Kier alpha value is -0.740. The Bertz CT molecular complexity index is 619. The summed E-state index contributed by atoms with van der Waals surface area (Å²) in [5, 5.41) is 4.41. The van der Waals surface area contributed by atoms with Gasteiger partial charge in [-0.05, 0) is 48.9 Å². The lowest BCUT2D eigenvalue weighted by molar-refractivity contribution is 0.595. The average Bonchev–Trinajstić information content (AvgIpc) is 2.46. The summed E-state index contributed by atoms with van der Waals surface area (Å²) in [6.45, 7) is 3.70. The molecule has 5 heteroatoms. The van der Waals surface area contributed by atoms with E-state index in [-0.39, 0.29) is 5.82 Å². The third-order valence-corrected chi connectivity index (χ3v) is 4.65. The average molecular weight is 344 g/mol. The van der Waals surface area contributed by atoms with Crippen molar-refractivity contribution in [3.63, 3.8) is 0 Å². The van der Waals surface area contributed by atoms with E-state index >= 15 is 0 Å². The van der Waals surface area contributed by atoms with Gasteiger partial charge in [-0.3, -0.25) is 0 Å². The summed E-state index contributed by atoms with van der Waals surface area (Å²) in [7, 11) is 0. The van der Waals surface area contributed by atoms with E-state index in [0.29, 0.717) is 21.5 Å². The summed E-state index contributed by atoms with van der Waals surface area (Å²) >= 11 is 13.3. The lowest BCUT2D eigenvalue weighted by atomic mass is 10.2. The van der Waals surface area contributed by atoms with Gasteiger partial charge in [0, 0.05) is 21.4 Å². The first-order valence-corrected chi connectivity index (χ1v) is 8.29. The van der Waals surface area contributed by atoms with E-state index in [9.17, 15) is 4.39 Å². The topological polar surface area (TPSA) is 12.0 Å². The number of hydrogen-bond acceptors (Lipinski definition) is 2. The van der Waals surface area contributed by atoms with Crippen LogP contribution in [-0.2, 0) is 6.54 Å². The summed E-state index contributed by atoms with van der Waals surface area (Å²) in [6, 6.07) is 10.4. The van der Waals surface area contributed by atoms with Crippen molar-refractivity contribution in [1.29, 1.82) is 0 Å². The molecule has 0 heterocycles. The second-order valence-electron chi connectivity index (χ2n) is 4.62. The smallest absolute Gasteiger partial charge is 0.137 e. The summed E-state index contributed by atoms with van der Waals surface area (Å²) in [5.74, 6) is -0.244. The molecule has 0 saturated heterocycles. The first kappa shape index (κ1) is 16.6. The quantitative estimate of drug-likeness (QED) is 0.666. The van der Waals surface area contributed by atoms with Crippen LogP contribution in [0, 0.1) is 5.82 Å². The standard InChI is InChI=1S/C16H16Cl2FNS/c1-2-7-20-10-11-3-6-15(14(19)8-11)21-16-9-12(17)4-5-13(16)18/h3-6,8-9,20H,2,7,10H2,1H3. The molecule has 0 fully saturated rings. The highest BCUT2D eigenvalue weighted by Gasteiger charge is 2.09. The highest BCUT2D eigenvalue weighted by molar-refractivity contribution is 7.99. The fraction of sp³-hybridized carbons (Fsp3) is 0.250. The molecule has 0 bridgehead atoms. The molecule has 0 aliphatic rings. The van der Waals surface area contributed by atoms with Crippen LogP contribution in [0.3, 0.4) is 0 Å². The van der Waals surface area contributed by atoms with E-state index in [2.05, 4.69) is 12.2 Å². The molecule has 0 atom stereocenters. The van der Waals surface area contributed by atoms with Gasteiger partial charge in [0.15, 0.2) is 0 Å². The summed E-state index contributed by atoms with van der Waals surface area (Å²) in [6.07, 6.45) is 1.06. The van der Waals surface area contributed by atoms with Gasteiger partial charge in [-0.1, -0.05) is 48.0 Å². The Morgan fingerprint density at radius 1 is 1.10 bits per heavy atom. The molecule has 21 heavy (non-hydrogen) atoms. The van der Waals surface area contributed by atoms with Crippen molar-refractivity contribution in [1.82, 2.24) is 5.32 Å². The summed E-state index contributed by atoms with van der Waals surface area (Å²) in [5.41, 5.74) is 0.933. The second-order valence-corrected chi connectivity index (χ2v) is 6.55. The van der Waals surface area contributed by atoms with E-state index in [1.165, 1.54) is 11.8 Å². The molecule has 0 saturated carbocycles. The largest absolute Gasteiger partial charge is 0.313 e. The molecule has 0 unspecified atom stereocenters. The number of nitrogens with one attached hydrogen (secondary N) is 1. The van der Waals surface area contributed by atoms with Crippen LogP contribution in [0.2, 0.25) is 10.0 Å². The van der Waals surface area contributed by atoms with Crippen LogP contribution in [0.4, 0.5) is 4.39 Å². The molecule has 2 aromatic carbocycles. The molecule has 112 valence electrons. The Balaban J connectivity index is 2.12. The SMILES string of the molecule is CCCNCc1ccc(Sc2cc(Cl)ccc2Cl)c(F)c1. The number of hydrogen-bond donors (Lipinski definition) is 1. The van der Waals surface area contributed by atoms with Crippen LogP contribution in [-0.4, -0.2) is 6.54 Å². The van der Waals surface area contributed by atoms with Crippen LogP contribution in [0.25, 0.3) is 0 Å². The first-order valence-electron chi connectivity index (χ1n) is 6.72. The van der Waals surface area contributed by atoms with E-state index < -0.39 is 0 Å². The first-order chi connectivity index (χ1) is 10.1. The van der Waals surface area contributed by atoms with Crippen LogP contribution in [0.5, 0.6) is 0 Å². The molecule has 0 amide bonds. The van der Waals surface area contributed by atoms with Crippen molar-refractivity contribution in [3.8, 4) is 0 Å². The Morgan fingerprint density at radius 2 is 1.90 bits per heavy atom. The Kier molecular flexibility index (Phi) is 6.37. The Morgan fingerprint density at radius 3 is 2.62 bits per heavy atom. The molecular formula is C16H16Cl2FNS. The number of halogens is 3. The van der Waals surface area contributed by atoms with E-state index in [0.717, 1.165) is 23.4 Å². The third kappa shape index (κ3) is 4.89. The predicted molar refractivity (Wildman–Crippen MR) is 89.0 cm³/mol. The minimum Gasteiger partial charge on any atom is -0.313 e. The zero-order chi connectivity index (χ0) is 15.2. The molecule has 1 nitrogen and oxygen atoms in total. The van der Waals surface area contributed by atoms with Gasteiger partial charge in [0.1, 0.15) is 5.82 Å². The van der Waals surface area contributed by atoms with Crippen molar-refractivity contribution in [2.45, 2.75) is 29.7 Å². The van der Waals surface area contributed by atoms with Crippen LogP contribution in [0.15, 0.2) is 46.2 Å². The maximum absolute atomic E-state index is 14.2. The molecule has 0 aliphatic carbocycles. The normalized spacial score (nSPS) is 10.9. The van der Waals surface area contributed by atoms with E-state index in [4.69, 9.17) is 23.2 Å². The zero-order valence-corrected chi connectivity index (χ0v) is 14.0. The molecule has 2 aromatic rings. The van der Waals surface area contributed by atoms with Crippen molar-refractivity contribution in [2.24, 2.45) is 0 Å². The highest BCUT2D eigenvalue weighted by atomic mass is 35.5. The molecule has 2 rings (SSSR count). The van der Waals surface area contributed by atoms with Crippen LogP contribution >= 0.6 is 35.0 Å². The van der Waals surface area contributed by atoms with Gasteiger partial charge < -0.3 is 5.32 Å². The minimum atomic E-state index is -0.244. The Labute approximate surface area is 138 Å². The lowest BCUT2D eigenvalue weighted by Crippen LogP contribution is -2.13. The van der Waals surface area contributed by atoms with Crippen molar-refractivity contribution in [3.05, 3.63) is 57.8 Å². The van der Waals surface area contributed by atoms with Gasteiger partial charge in [-0.25, -0.2) is 4.39 Å². The monoisotopic (exact) mass is 343 g/mol. The fourth-order valence-electron chi connectivity index (χ4n) is 1.82.